The van der Waals surface area contributed by atoms with Gasteiger partial charge in [0.1, 0.15) is 6.26 Å². The van der Waals surface area contributed by atoms with Crippen molar-refractivity contribution in [3.8, 4) is 0 Å². The Morgan fingerprint density at radius 3 is 2.45 bits per heavy atom. The van der Waals surface area contributed by atoms with E-state index in [1.165, 1.54) is 46.9 Å². The number of H-pyrrole nitrogens is 1. The lowest BCUT2D eigenvalue weighted by atomic mass is 9.88. The second kappa shape index (κ2) is 12.6. The van der Waals surface area contributed by atoms with Gasteiger partial charge in [-0.3, -0.25) is 0 Å². The second-order valence-corrected chi connectivity index (χ2v) is 8.02. The Bertz CT molecular complexity index is 1090. The Kier molecular flexibility index (Phi) is 9.31. The zero-order chi connectivity index (χ0) is 23.5. The van der Waals surface area contributed by atoms with Crippen LogP contribution in [0.3, 0.4) is 0 Å². The van der Waals surface area contributed by atoms with Crippen LogP contribution >= 0.6 is 0 Å². The van der Waals surface area contributed by atoms with Gasteiger partial charge in [0, 0.05) is 11.9 Å². The van der Waals surface area contributed by atoms with Crippen LogP contribution in [-0.4, -0.2) is 10.2 Å². The first kappa shape index (κ1) is 24.3. The molecule has 0 aliphatic heterocycles. The number of aromatic amines is 1. The number of aryl methyl sites for hydroxylation is 1. The maximum Gasteiger partial charge on any atom is 0.133 e. The Hall–Kier alpha value is -3.34. The summed E-state index contributed by atoms with van der Waals surface area (Å²) in [5, 5.41) is 11.9. The Labute approximate surface area is 196 Å². The van der Waals surface area contributed by atoms with E-state index in [-0.39, 0.29) is 0 Å². The normalized spacial score (nSPS) is 12.8. The molecule has 0 aliphatic carbocycles. The monoisotopic (exact) mass is 443 g/mol. The predicted octanol–water partition coefficient (Wildman–Crippen LogP) is 8.17. The minimum Gasteiger partial charge on any atom is -0.361 e. The molecule has 33 heavy (non-hydrogen) atoms. The van der Waals surface area contributed by atoms with E-state index in [0.717, 1.165) is 29.7 Å². The zero-order valence-corrected chi connectivity index (χ0v) is 19.7. The highest BCUT2D eigenvalue weighted by atomic mass is 17.5. The third-order valence-electron chi connectivity index (χ3n) is 5.76. The van der Waals surface area contributed by atoms with Crippen molar-refractivity contribution in [2.45, 2.75) is 46.5 Å². The molecular weight excluding hydrogens is 410 g/mol. The van der Waals surface area contributed by atoms with E-state index in [4.69, 9.17) is 5.26 Å². The number of nitrogens with one attached hydrogen (secondary N) is 1. The van der Waals surface area contributed by atoms with Crippen LogP contribution in [0.4, 0.5) is 0 Å². The molecule has 0 radical (unpaired) electrons. The van der Waals surface area contributed by atoms with Gasteiger partial charge in [0.15, 0.2) is 0 Å². The van der Waals surface area contributed by atoms with E-state index >= 15 is 0 Å². The van der Waals surface area contributed by atoms with Crippen LogP contribution in [-0.2, 0) is 16.3 Å². The van der Waals surface area contributed by atoms with E-state index in [2.05, 4.69) is 84.2 Å². The molecule has 0 saturated heterocycles. The van der Waals surface area contributed by atoms with E-state index in [0.29, 0.717) is 0 Å². The molecule has 0 bridgehead atoms. The number of aromatic nitrogens is 1. The SMILES string of the molecule is CCCCc1ccccc1/C=C(C)/C(=C(\CC)c1ccc[nH]1)c1ccc(/C=C/OOO)cc1. The van der Waals surface area contributed by atoms with Crippen LogP contribution in [0.5, 0.6) is 0 Å². The summed E-state index contributed by atoms with van der Waals surface area (Å²) in [5.74, 6) is 0. The summed E-state index contributed by atoms with van der Waals surface area (Å²) in [5.41, 5.74) is 9.64. The van der Waals surface area contributed by atoms with Crippen molar-refractivity contribution in [3.05, 3.63) is 107 Å². The summed E-state index contributed by atoms with van der Waals surface area (Å²) in [6, 6.07) is 21.2. The van der Waals surface area contributed by atoms with Gasteiger partial charge in [-0.15, -0.1) is 0 Å². The van der Waals surface area contributed by atoms with E-state index in [1.54, 1.807) is 6.08 Å². The van der Waals surface area contributed by atoms with Gasteiger partial charge < -0.3 is 9.87 Å². The van der Waals surface area contributed by atoms with E-state index in [9.17, 15) is 0 Å². The lowest BCUT2D eigenvalue weighted by Gasteiger charge is -2.17. The van der Waals surface area contributed by atoms with Gasteiger partial charge in [-0.1, -0.05) is 74.9 Å². The molecule has 4 nitrogen and oxygen atoms in total. The summed E-state index contributed by atoms with van der Waals surface area (Å²) in [6.07, 6.45) is 11.7. The predicted molar refractivity (Wildman–Crippen MR) is 137 cm³/mol. The molecule has 0 atom stereocenters. The molecule has 3 aromatic rings. The van der Waals surface area contributed by atoms with Crippen molar-refractivity contribution in [1.29, 1.82) is 0 Å². The summed E-state index contributed by atoms with van der Waals surface area (Å²) in [7, 11) is 0. The molecule has 0 fully saturated rings. The molecule has 0 unspecified atom stereocenters. The van der Waals surface area contributed by atoms with Gasteiger partial charge in [-0.05, 0) is 88.4 Å². The molecule has 2 N–H and O–H groups in total. The highest BCUT2D eigenvalue weighted by molar-refractivity contribution is 5.99. The van der Waals surface area contributed by atoms with Crippen LogP contribution in [0.15, 0.2) is 78.7 Å². The third kappa shape index (κ3) is 6.58. The average Bonchev–Trinajstić information content (AvgIpc) is 3.37. The number of allylic oxidation sites excluding steroid dienone is 3. The Morgan fingerprint density at radius 2 is 1.79 bits per heavy atom. The van der Waals surface area contributed by atoms with Crippen LogP contribution in [0, 0.1) is 0 Å². The van der Waals surface area contributed by atoms with Gasteiger partial charge in [0.25, 0.3) is 0 Å². The van der Waals surface area contributed by atoms with Crippen molar-refractivity contribution in [1.82, 2.24) is 4.98 Å². The molecule has 0 amide bonds. The molecule has 172 valence electrons. The maximum absolute atomic E-state index is 8.30. The summed E-state index contributed by atoms with van der Waals surface area (Å²) >= 11 is 0. The summed E-state index contributed by atoms with van der Waals surface area (Å²) < 4.78 is 0. The van der Waals surface area contributed by atoms with Crippen LogP contribution in [0.1, 0.15) is 68.0 Å². The molecule has 0 aliphatic rings. The lowest BCUT2D eigenvalue weighted by Crippen LogP contribution is -1.96. The van der Waals surface area contributed by atoms with Gasteiger partial charge in [0.2, 0.25) is 0 Å². The highest BCUT2D eigenvalue weighted by Gasteiger charge is 2.14. The van der Waals surface area contributed by atoms with Gasteiger partial charge in [-0.2, -0.15) is 0 Å². The summed E-state index contributed by atoms with van der Waals surface area (Å²) in [6.45, 7) is 6.63. The first-order chi connectivity index (χ1) is 16.2. The molecule has 4 heteroatoms. The summed E-state index contributed by atoms with van der Waals surface area (Å²) in [4.78, 5) is 7.81. The molecule has 3 rings (SSSR count). The fraction of sp³-hybridized carbons (Fsp3) is 0.241. The van der Waals surface area contributed by atoms with Gasteiger partial charge >= 0.3 is 0 Å². The quantitative estimate of drug-likeness (QED) is 0.136. The molecule has 0 saturated carbocycles. The highest BCUT2D eigenvalue weighted by Crippen LogP contribution is 2.35. The van der Waals surface area contributed by atoms with Crippen molar-refractivity contribution >= 4 is 23.3 Å². The molecular formula is C29H33NO3. The van der Waals surface area contributed by atoms with Crippen LogP contribution in [0.25, 0.3) is 23.3 Å². The number of benzene rings is 2. The third-order valence-corrected chi connectivity index (χ3v) is 5.76. The lowest BCUT2D eigenvalue weighted by molar-refractivity contribution is -0.465. The topological polar surface area (TPSA) is 54.5 Å². The first-order valence-electron chi connectivity index (χ1n) is 11.5. The van der Waals surface area contributed by atoms with Crippen molar-refractivity contribution in [2.24, 2.45) is 0 Å². The van der Waals surface area contributed by atoms with E-state index in [1.807, 2.05) is 24.4 Å². The number of hydrogen-bond acceptors (Lipinski definition) is 3. The van der Waals surface area contributed by atoms with Gasteiger partial charge in [0.05, 0.1) is 0 Å². The number of hydrogen-bond donors (Lipinski definition) is 2. The van der Waals surface area contributed by atoms with Gasteiger partial charge in [-0.25, -0.2) is 5.26 Å². The minimum absolute atomic E-state index is 0.905. The first-order valence-corrected chi connectivity index (χ1v) is 11.5. The Morgan fingerprint density at radius 1 is 1.00 bits per heavy atom. The average molecular weight is 444 g/mol. The largest absolute Gasteiger partial charge is 0.361 e. The van der Waals surface area contributed by atoms with Crippen molar-refractivity contribution in [2.75, 3.05) is 0 Å². The second-order valence-electron chi connectivity index (χ2n) is 8.02. The van der Waals surface area contributed by atoms with Crippen molar-refractivity contribution < 1.29 is 15.2 Å². The van der Waals surface area contributed by atoms with Crippen LogP contribution < -0.4 is 0 Å². The minimum atomic E-state index is 0.905. The standard InChI is InChI=1S/C29H33NO3/c1-4-6-10-24-11-7-8-12-26(24)21-22(3)29(27(5-2)28-13-9-19-30-28)25-16-14-23(15-17-25)18-20-32-33-31/h7-9,11-21,30-31H,4-6,10H2,1-3H3/b20-18+,22-21+,29-27-. The zero-order valence-electron chi connectivity index (χ0n) is 19.7. The number of unbranched alkanes of at least 4 members (excludes halogenated alkanes) is 1. The van der Waals surface area contributed by atoms with Crippen molar-refractivity contribution in [3.63, 3.8) is 0 Å². The molecule has 2 aromatic carbocycles. The maximum atomic E-state index is 8.30. The fourth-order valence-corrected chi connectivity index (χ4v) is 4.13. The fourth-order valence-electron chi connectivity index (χ4n) is 4.13. The molecule has 1 heterocycles. The smallest absolute Gasteiger partial charge is 0.133 e. The Balaban J connectivity index is 2.08. The van der Waals surface area contributed by atoms with Crippen LogP contribution in [0.2, 0.25) is 0 Å². The molecule has 1 aromatic heterocycles. The van der Waals surface area contributed by atoms with E-state index < -0.39 is 0 Å². The molecule has 0 spiro atoms. The number of rotatable bonds is 11.